The molecular weight excluding hydrogens is 375 g/mol. The number of aryl methyl sites for hydroxylation is 1. The van der Waals surface area contributed by atoms with Crippen LogP contribution in [0.1, 0.15) is 11.1 Å². The molecule has 3 rings (SSSR count). The number of aromatic nitrogens is 2. The van der Waals surface area contributed by atoms with Gasteiger partial charge >= 0.3 is 6.18 Å². The van der Waals surface area contributed by atoms with E-state index in [0.29, 0.717) is 11.9 Å². The van der Waals surface area contributed by atoms with Crippen molar-refractivity contribution in [2.45, 2.75) is 13.1 Å². The zero-order chi connectivity index (χ0) is 20.3. The summed E-state index contributed by atoms with van der Waals surface area (Å²) in [7, 11) is 0. The van der Waals surface area contributed by atoms with Gasteiger partial charge in [0.1, 0.15) is 11.4 Å². The lowest BCUT2D eigenvalue weighted by molar-refractivity contribution is -0.384. The number of alkyl halides is 3. The van der Waals surface area contributed by atoms with Gasteiger partial charge in [0, 0.05) is 29.7 Å². The number of nitrogens with zero attached hydrogens (tertiary/aromatic N) is 3. The molecule has 144 valence electrons. The molecule has 2 aromatic carbocycles. The van der Waals surface area contributed by atoms with Crippen molar-refractivity contribution in [3.05, 3.63) is 76.0 Å². The van der Waals surface area contributed by atoms with Crippen LogP contribution in [0.4, 0.5) is 42.0 Å². The summed E-state index contributed by atoms with van der Waals surface area (Å²) in [5, 5.41) is 16.1. The van der Waals surface area contributed by atoms with E-state index in [-0.39, 0.29) is 17.3 Å². The second-order valence-corrected chi connectivity index (χ2v) is 5.82. The van der Waals surface area contributed by atoms with Crippen LogP contribution in [-0.4, -0.2) is 14.9 Å². The van der Waals surface area contributed by atoms with Crippen LogP contribution in [0, 0.1) is 17.0 Å². The van der Waals surface area contributed by atoms with Gasteiger partial charge in [-0.1, -0.05) is 18.2 Å². The van der Waals surface area contributed by atoms with E-state index in [1.165, 1.54) is 24.3 Å². The van der Waals surface area contributed by atoms with Crippen molar-refractivity contribution in [2.75, 3.05) is 10.6 Å². The Bertz CT molecular complexity index is 1010. The molecule has 0 radical (unpaired) electrons. The van der Waals surface area contributed by atoms with Gasteiger partial charge < -0.3 is 10.6 Å². The average molecular weight is 389 g/mol. The van der Waals surface area contributed by atoms with Crippen molar-refractivity contribution in [1.29, 1.82) is 0 Å². The van der Waals surface area contributed by atoms with Crippen LogP contribution in [0.5, 0.6) is 0 Å². The molecule has 2 N–H and O–H groups in total. The number of benzene rings is 2. The van der Waals surface area contributed by atoms with Crippen LogP contribution in [0.15, 0.2) is 54.7 Å². The van der Waals surface area contributed by atoms with Crippen LogP contribution in [0.3, 0.4) is 0 Å². The van der Waals surface area contributed by atoms with Crippen molar-refractivity contribution in [2.24, 2.45) is 0 Å². The smallest absolute Gasteiger partial charge is 0.340 e. The van der Waals surface area contributed by atoms with E-state index in [4.69, 9.17) is 0 Å². The van der Waals surface area contributed by atoms with Crippen molar-refractivity contribution in [1.82, 2.24) is 9.97 Å². The molecule has 0 saturated carbocycles. The van der Waals surface area contributed by atoms with Crippen molar-refractivity contribution >= 4 is 28.8 Å². The second kappa shape index (κ2) is 7.51. The highest BCUT2D eigenvalue weighted by Gasteiger charge is 2.35. The first-order chi connectivity index (χ1) is 13.2. The number of nitrogens with one attached hydrogen (secondary N) is 2. The van der Waals surface area contributed by atoms with E-state index < -0.39 is 22.5 Å². The van der Waals surface area contributed by atoms with Crippen LogP contribution < -0.4 is 10.6 Å². The summed E-state index contributed by atoms with van der Waals surface area (Å²) >= 11 is 0. The number of halogens is 3. The Hall–Kier alpha value is -3.69. The molecule has 0 fully saturated rings. The normalized spacial score (nSPS) is 11.1. The average Bonchev–Trinajstić information content (AvgIpc) is 2.63. The topological polar surface area (TPSA) is 93.0 Å². The van der Waals surface area contributed by atoms with Gasteiger partial charge in [-0.15, -0.1) is 0 Å². The summed E-state index contributed by atoms with van der Waals surface area (Å²) in [6.45, 7) is 1.84. The molecule has 0 bridgehead atoms. The first kappa shape index (κ1) is 19.1. The van der Waals surface area contributed by atoms with Gasteiger partial charge in [-0.25, -0.2) is 4.98 Å². The zero-order valence-corrected chi connectivity index (χ0v) is 14.5. The number of anilines is 4. The Morgan fingerprint density at radius 3 is 2.32 bits per heavy atom. The number of hydrogen-bond donors (Lipinski definition) is 2. The van der Waals surface area contributed by atoms with Crippen molar-refractivity contribution in [3.63, 3.8) is 0 Å². The fourth-order valence-electron chi connectivity index (χ4n) is 2.38. The highest BCUT2D eigenvalue weighted by atomic mass is 19.4. The number of non-ortho nitro benzene ring substituents is 1. The van der Waals surface area contributed by atoms with Crippen LogP contribution in [0.2, 0.25) is 0 Å². The summed E-state index contributed by atoms with van der Waals surface area (Å²) in [5.41, 5.74) is 0.517. The molecule has 0 unspecified atom stereocenters. The predicted molar refractivity (Wildman–Crippen MR) is 97.9 cm³/mol. The maximum atomic E-state index is 13.3. The first-order valence-electron chi connectivity index (χ1n) is 8.02. The summed E-state index contributed by atoms with van der Waals surface area (Å²) in [4.78, 5) is 17.8. The molecule has 0 saturated heterocycles. The number of hydrogen-bond acceptors (Lipinski definition) is 6. The van der Waals surface area contributed by atoms with Gasteiger partial charge in [0.15, 0.2) is 0 Å². The third kappa shape index (κ3) is 4.34. The van der Waals surface area contributed by atoms with Crippen LogP contribution in [-0.2, 0) is 6.18 Å². The van der Waals surface area contributed by atoms with Gasteiger partial charge in [-0.05, 0) is 30.7 Å². The fourth-order valence-corrected chi connectivity index (χ4v) is 2.38. The lowest BCUT2D eigenvalue weighted by Crippen LogP contribution is -2.12. The molecule has 0 aliphatic rings. The second-order valence-electron chi connectivity index (χ2n) is 5.82. The minimum absolute atomic E-state index is 0.0216. The molecule has 0 aliphatic carbocycles. The van der Waals surface area contributed by atoms with E-state index in [1.807, 2.05) is 19.1 Å². The standard InChI is InChI=1S/C18H14F3N5O2/c1-11-4-2-3-5-15(11)24-17-22-10-14(18(19,20)21)16(25-17)23-12-6-8-13(9-7-12)26(27)28/h2-10H,1H3,(H2,22,23,24,25). The molecule has 0 atom stereocenters. The zero-order valence-electron chi connectivity index (χ0n) is 14.5. The molecule has 1 aromatic heterocycles. The molecule has 0 amide bonds. The minimum atomic E-state index is -4.68. The highest BCUT2D eigenvalue weighted by molar-refractivity contribution is 5.64. The van der Waals surface area contributed by atoms with E-state index >= 15 is 0 Å². The van der Waals surface area contributed by atoms with Gasteiger partial charge in [-0.3, -0.25) is 10.1 Å². The summed E-state index contributed by atoms with van der Waals surface area (Å²) < 4.78 is 39.9. The molecule has 1 heterocycles. The summed E-state index contributed by atoms with van der Waals surface area (Å²) in [5.74, 6) is -0.487. The fraction of sp³-hybridized carbons (Fsp3) is 0.111. The quantitative estimate of drug-likeness (QED) is 0.460. The van der Waals surface area contributed by atoms with E-state index in [9.17, 15) is 23.3 Å². The largest absolute Gasteiger partial charge is 0.421 e. The molecule has 10 heteroatoms. The molecule has 28 heavy (non-hydrogen) atoms. The minimum Gasteiger partial charge on any atom is -0.340 e. The van der Waals surface area contributed by atoms with Gasteiger partial charge in [0.2, 0.25) is 5.95 Å². The number of nitro benzene ring substituents is 1. The molecule has 3 aromatic rings. The van der Waals surface area contributed by atoms with Crippen LogP contribution in [0.25, 0.3) is 0 Å². The molecule has 0 spiro atoms. The van der Waals surface area contributed by atoms with Gasteiger partial charge in [0.25, 0.3) is 5.69 Å². The Morgan fingerprint density at radius 1 is 1.04 bits per heavy atom. The highest BCUT2D eigenvalue weighted by Crippen LogP contribution is 2.35. The maximum absolute atomic E-state index is 13.3. The Labute approximate surface area is 157 Å². The lowest BCUT2D eigenvalue weighted by Gasteiger charge is -2.15. The maximum Gasteiger partial charge on any atom is 0.421 e. The Kier molecular flexibility index (Phi) is 5.12. The van der Waals surface area contributed by atoms with E-state index in [2.05, 4.69) is 20.6 Å². The Balaban J connectivity index is 1.94. The Morgan fingerprint density at radius 2 is 1.71 bits per heavy atom. The first-order valence-corrected chi connectivity index (χ1v) is 8.02. The third-order valence-electron chi connectivity index (χ3n) is 3.83. The van der Waals surface area contributed by atoms with E-state index in [1.54, 1.807) is 12.1 Å². The van der Waals surface area contributed by atoms with Gasteiger partial charge in [0.05, 0.1) is 4.92 Å². The van der Waals surface area contributed by atoms with Crippen LogP contribution >= 0.6 is 0 Å². The number of rotatable bonds is 5. The summed E-state index contributed by atoms with van der Waals surface area (Å²) in [6, 6.07) is 12.2. The predicted octanol–water partition coefficient (Wildman–Crippen LogP) is 5.20. The SMILES string of the molecule is Cc1ccccc1Nc1ncc(C(F)(F)F)c(Nc2ccc([N+](=O)[O-])cc2)n1. The molecule has 7 nitrogen and oxygen atoms in total. The van der Waals surface area contributed by atoms with E-state index in [0.717, 1.165) is 5.56 Å². The van der Waals surface area contributed by atoms with Crippen molar-refractivity contribution < 1.29 is 18.1 Å². The number of nitro groups is 1. The third-order valence-corrected chi connectivity index (χ3v) is 3.83. The molecular formula is C18H14F3N5O2. The van der Waals surface area contributed by atoms with Gasteiger partial charge in [-0.2, -0.15) is 18.2 Å². The monoisotopic (exact) mass is 389 g/mol. The lowest BCUT2D eigenvalue weighted by atomic mass is 10.2. The molecule has 0 aliphatic heterocycles. The van der Waals surface area contributed by atoms with Crippen molar-refractivity contribution in [3.8, 4) is 0 Å². The number of para-hydroxylation sites is 1. The summed E-state index contributed by atoms with van der Waals surface area (Å²) in [6.07, 6.45) is -3.99.